The van der Waals surface area contributed by atoms with Crippen molar-refractivity contribution in [2.75, 3.05) is 7.11 Å². The third-order valence-corrected chi connectivity index (χ3v) is 4.53. The first-order valence-electron chi connectivity index (χ1n) is 8.60. The number of hydrogen-bond donors (Lipinski definition) is 1. The van der Waals surface area contributed by atoms with Gasteiger partial charge in [0, 0.05) is 11.9 Å². The van der Waals surface area contributed by atoms with Crippen molar-refractivity contribution in [1.29, 1.82) is 0 Å². The number of aromatic nitrogens is 1. The highest BCUT2D eigenvalue weighted by Crippen LogP contribution is 2.34. The van der Waals surface area contributed by atoms with Gasteiger partial charge in [-0.1, -0.05) is 35.9 Å². The summed E-state index contributed by atoms with van der Waals surface area (Å²) in [5.74, 6) is -0.407. The van der Waals surface area contributed by atoms with Crippen LogP contribution in [0.5, 0.6) is 5.88 Å². The lowest BCUT2D eigenvalue weighted by atomic mass is 10.0. The van der Waals surface area contributed by atoms with Gasteiger partial charge in [0.2, 0.25) is 5.88 Å². The largest absolute Gasteiger partial charge is 0.480 e. The van der Waals surface area contributed by atoms with Crippen molar-refractivity contribution in [2.45, 2.75) is 26.6 Å². The molecule has 0 atom stereocenters. The van der Waals surface area contributed by atoms with E-state index >= 15 is 0 Å². The molecule has 7 heteroatoms. The SMILES string of the molecule is COc1nc2cc(C(F)(F)F)ccc2c(C)c1C(=O)NCc1ccc(C)cc1. The van der Waals surface area contributed by atoms with E-state index in [0.717, 1.165) is 23.3 Å². The van der Waals surface area contributed by atoms with E-state index in [0.29, 0.717) is 17.5 Å². The number of aryl methyl sites for hydroxylation is 2. The van der Waals surface area contributed by atoms with Gasteiger partial charge in [-0.15, -0.1) is 0 Å². The minimum Gasteiger partial charge on any atom is -0.480 e. The van der Waals surface area contributed by atoms with Crippen LogP contribution in [0.15, 0.2) is 42.5 Å². The number of rotatable bonds is 4. The molecule has 28 heavy (non-hydrogen) atoms. The highest BCUT2D eigenvalue weighted by atomic mass is 19.4. The maximum atomic E-state index is 13.0. The van der Waals surface area contributed by atoms with Crippen LogP contribution in [0, 0.1) is 13.8 Å². The predicted octanol–water partition coefficient (Wildman–Crippen LogP) is 4.81. The zero-order valence-corrected chi connectivity index (χ0v) is 15.6. The lowest BCUT2D eigenvalue weighted by Crippen LogP contribution is -2.24. The molecule has 2 aromatic carbocycles. The van der Waals surface area contributed by atoms with Gasteiger partial charge in [0.1, 0.15) is 5.56 Å². The molecule has 0 bridgehead atoms. The van der Waals surface area contributed by atoms with Crippen LogP contribution in [-0.4, -0.2) is 18.0 Å². The second kappa shape index (κ2) is 7.50. The standard InChI is InChI=1S/C21H19F3N2O2/c1-12-4-6-14(7-5-12)11-25-19(27)18-13(2)16-9-8-15(21(22,23)24)10-17(16)26-20(18)28-3/h4-10H,11H2,1-3H3,(H,25,27). The van der Waals surface area contributed by atoms with Crippen molar-refractivity contribution in [3.05, 3.63) is 70.3 Å². The Morgan fingerprint density at radius 3 is 2.39 bits per heavy atom. The average Bonchev–Trinajstić information content (AvgIpc) is 2.66. The molecule has 0 saturated carbocycles. The second-order valence-electron chi connectivity index (χ2n) is 6.52. The van der Waals surface area contributed by atoms with Gasteiger partial charge in [-0.3, -0.25) is 4.79 Å². The van der Waals surface area contributed by atoms with E-state index < -0.39 is 17.6 Å². The molecular weight excluding hydrogens is 369 g/mol. The minimum atomic E-state index is -4.47. The summed E-state index contributed by atoms with van der Waals surface area (Å²) in [6, 6.07) is 11.0. The summed E-state index contributed by atoms with van der Waals surface area (Å²) in [4.78, 5) is 16.9. The Morgan fingerprint density at radius 2 is 1.79 bits per heavy atom. The van der Waals surface area contributed by atoms with Crippen LogP contribution in [0.3, 0.4) is 0 Å². The smallest absolute Gasteiger partial charge is 0.416 e. The van der Waals surface area contributed by atoms with Gasteiger partial charge in [0.25, 0.3) is 5.91 Å². The summed E-state index contributed by atoms with van der Waals surface area (Å²) >= 11 is 0. The molecule has 0 spiro atoms. The lowest BCUT2D eigenvalue weighted by molar-refractivity contribution is -0.137. The number of pyridine rings is 1. The molecular formula is C21H19F3N2O2. The number of carbonyl (C=O) groups is 1. The summed E-state index contributed by atoms with van der Waals surface area (Å²) < 4.78 is 44.1. The molecule has 146 valence electrons. The fraction of sp³-hybridized carbons (Fsp3) is 0.238. The number of carbonyl (C=O) groups excluding carboxylic acids is 1. The molecule has 1 amide bonds. The summed E-state index contributed by atoms with van der Waals surface area (Å²) in [5, 5.41) is 3.28. The fourth-order valence-corrected chi connectivity index (χ4v) is 2.97. The number of hydrogen-bond acceptors (Lipinski definition) is 3. The van der Waals surface area contributed by atoms with Gasteiger partial charge < -0.3 is 10.1 Å². The van der Waals surface area contributed by atoms with E-state index in [1.807, 2.05) is 31.2 Å². The van der Waals surface area contributed by atoms with Crippen molar-refractivity contribution < 1.29 is 22.7 Å². The maximum absolute atomic E-state index is 13.0. The number of benzene rings is 2. The second-order valence-corrected chi connectivity index (χ2v) is 6.52. The highest BCUT2D eigenvalue weighted by molar-refractivity contribution is 6.02. The van der Waals surface area contributed by atoms with Crippen LogP contribution in [0.25, 0.3) is 10.9 Å². The summed E-state index contributed by atoms with van der Waals surface area (Å²) in [6.07, 6.45) is -4.47. The molecule has 0 unspecified atom stereocenters. The lowest BCUT2D eigenvalue weighted by Gasteiger charge is -2.15. The van der Waals surface area contributed by atoms with E-state index in [-0.39, 0.29) is 17.0 Å². The normalized spacial score (nSPS) is 11.5. The summed E-state index contributed by atoms with van der Waals surface area (Å²) in [7, 11) is 1.33. The molecule has 0 aliphatic heterocycles. The Labute approximate surface area is 160 Å². The van der Waals surface area contributed by atoms with E-state index in [2.05, 4.69) is 10.3 Å². The van der Waals surface area contributed by atoms with Gasteiger partial charge >= 0.3 is 6.18 Å². The fourth-order valence-electron chi connectivity index (χ4n) is 2.97. The average molecular weight is 388 g/mol. The number of nitrogens with zero attached hydrogens (tertiary/aromatic N) is 1. The Bertz CT molecular complexity index is 1030. The van der Waals surface area contributed by atoms with E-state index in [4.69, 9.17) is 4.74 Å². The van der Waals surface area contributed by atoms with Crippen LogP contribution in [0.2, 0.25) is 0 Å². The highest BCUT2D eigenvalue weighted by Gasteiger charge is 2.31. The first-order valence-corrected chi connectivity index (χ1v) is 8.60. The molecule has 4 nitrogen and oxygen atoms in total. The van der Waals surface area contributed by atoms with Gasteiger partial charge in [-0.2, -0.15) is 13.2 Å². The van der Waals surface area contributed by atoms with Crippen molar-refractivity contribution >= 4 is 16.8 Å². The Balaban J connectivity index is 1.96. The van der Waals surface area contributed by atoms with E-state index in [1.54, 1.807) is 6.92 Å². The van der Waals surface area contributed by atoms with Crippen molar-refractivity contribution in [3.8, 4) is 5.88 Å². The van der Waals surface area contributed by atoms with Crippen molar-refractivity contribution in [3.63, 3.8) is 0 Å². The summed E-state index contributed by atoms with van der Waals surface area (Å²) in [6.45, 7) is 3.95. The molecule has 3 aromatic rings. The van der Waals surface area contributed by atoms with E-state index in [1.165, 1.54) is 13.2 Å². The zero-order chi connectivity index (χ0) is 20.5. The van der Waals surface area contributed by atoms with Crippen molar-refractivity contribution in [1.82, 2.24) is 10.3 Å². The number of methoxy groups -OCH3 is 1. The molecule has 3 rings (SSSR count). The van der Waals surface area contributed by atoms with Gasteiger partial charge in [-0.05, 0) is 37.1 Å². The van der Waals surface area contributed by atoms with Crippen LogP contribution < -0.4 is 10.1 Å². The van der Waals surface area contributed by atoms with E-state index in [9.17, 15) is 18.0 Å². The van der Waals surface area contributed by atoms with Gasteiger partial charge in [-0.25, -0.2) is 4.98 Å². The predicted molar refractivity (Wildman–Crippen MR) is 100 cm³/mol. The minimum absolute atomic E-state index is 0.00858. The number of fused-ring (bicyclic) bond motifs is 1. The monoisotopic (exact) mass is 388 g/mol. The number of amides is 1. The molecule has 0 aliphatic rings. The molecule has 0 saturated heterocycles. The quantitative estimate of drug-likeness (QED) is 0.698. The molecule has 1 aromatic heterocycles. The molecule has 0 aliphatic carbocycles. The molecule has 0 radical (unpaired) electrons. The molecule has 1 N–H and O–H groups in total. The van der Waals surface area contributed by atoms with Gasteiger partial charge in [0.05, 0.1) is 18.2 Å². The number of alkyl halides is 3. The Hall–Kier alpha value is -3.09. The first kappa shape index (κ1) is 19.7. The molecule has 1 heterocycles. The first-order chi connectivity index (χ1) is 13.2. The Kier molecular flexibility index (Phi) is 5.27. The number of halogens is 3. The number of nitrogens with one attached hydrogen (secondary N) is 1. The van der Waals surface area contributed by atoms with Crippen LogP contribution in [0.4, 0.5) is 13.2 Å². The third kappa shape index (κ3) is 3.93. The summed E-state index contributed by atoms with van der Waals surface area (Å²) in [5.41, 5.74) is 2.09. The number of ether oxygens (including phenoxy) is 1. The Morgan fingerprint density at radius 1 is 1.11 bits per heavy atom. The van der Waals surface area contributed by atoms with Crippen molar-refractivity contribution in [2.24, 2.45) is 0 Å². The topological polar surface area (TPSA) is 51.2 Å². The maximum Gasteiger partial charge on any atom is 0.416 e. The van der Waals surface area contributed by atoms with Crippen LogP contribution in [-0.2, 0) is 12.7 Å². The third-order valence-electron chi connectivity index (χ3n) is 4.53. The van der Waals surface area contributed by atoms with Crippen LogP contribution >= 0.6 is 0 Å². The van der Waals surface area contributed by atoms with Gasteiger partial charge in [0.15, 0.2) is 0 Å². The zero-order valence-electron chi connectivity index (χ0n) is 15.6. The van der Waals surface area contributed by atoms with Crippen LogP contribution in [0.1, 0.15) is 32.6 Å². The molecule has 0 fully saturated rings.